The van der Waals surface area contributed by atoms with Crippen LogP contribution in [0.1, 0.15) is 14.3 Å². The summed E-state index contributed by atoms with van der Waals surface area (Å²) in [6.07, 6.45) is 2.97. The van der Waals surface area contributed by atoms with E-state index in [-0.39, 0.29) is 59.4 Å². The first-order valence-corrected chi connectivity index (χ1v) is 4.40. The van der Waals surface area contributed by atoms with Gasteiger partial charge in [0.05, 0.1) is 6.61 Å². The Hall–Kier alpha value is 1.49. The first-order valence-electron chi connectivity index (χ1n) is 2.87. The smallest absolute Gasteiger partial charge is 1.00 e. The fourth-order valence-corrected chi connectivity index (χ4v) is 0.778. The summed E-state index contributed by atoms with van der Waals surface area (Å²) in [6.45, 7) is 3.52. The van der Waals surface area contributed by atoms with E-state index in [1.165, 1.54) is 0 Å². The number of rotatable bonds is 5. The molecule has 0 unspecified atom stereocenters. The molecule has 0 amide bonds. The normalized spacial score (nSPS) is 10.4. The molecule has 6 heteroatoms. The van der Waals surface area contributed by atoms with Crippen LogP contribution in [-0.4, -0.2) is 16.4 Å². The molecule has 0 aromatic heterocycles. The number of unbranched alkanes of at least 4 members (excludes halogenated alkanes) is 1. The van der Waals surface area contributed by atoms with E-state index >= 15 is 0 Å². The third kappa shape index (κ3) is 14.4. The zero-order valence-electron chi connectivity index (χ0n) is 7.56. The average molecular weight is 206 g/mol. The third-order valence-corrected chi connectivity index (χ3v) is 1.33. The van der Waals surface area contributed by atoms with Crippen LogP contribution in [0, 0.1) is 0 Å². The van der Waals surface area contributed by atoms with Crippen LogP contribution in [-0.2, 0) is 9.09 Å². The Kier molecular flexibility index (Phi) is 11.0. The van der Waals surface area contributed by atoms with Crippen LogP contribution in [0.2, 0.25) is 0 Å². The van der Waals surface area contributed by atoms with Crippen molar-refractivity contribution >= 4 is 7.82 Å². The topological polar surface area (TPSA) is 66.8 Å². The average Bonchev–Trinajstić information content (AvgIpc) is 1.78. The van der Waals surface area contributed by atoms with E-state index in [1.54, 1.807) is 6.08 Å². The van der Waals surface area contributed by atoms with E-state index in [9.17, 15) is 4.57 Å². The Morgan fingerprint density at radius 1 is 1.64 bits per heavy atom. The molecule has 0 aromatic rings. The maximum absolute atomic E-state index is 10.0. The van der Waals surface area contributed by atoms with E-state index in [2.05, 4.69) is 11.1 Å². The standard InChI is InChI=1S/C5H11O4P.K.H/c1-2-3-4-5-9-10(6,7)8;;/h2H,1,3-5H2,(H2,6,7,8);;/q;+1;-1. The van der Waals surface area contributed by atoms with Gasteiger partial charge in [0.1, 0.15) is 0 Å². The second kappa shape index (κ2) is 8.10. The molecule has 0 rings (SSSR count). The Morgan fingerprint density at radius 3 is 2.55 bits per heavy atom. The van der Waals surface area contributed by atoms with Gasteiger partial charge in [-0.05, 0) is 12.8 Å². The van der Waals surface area contributed by atoms with Gasteiger partial charge in [0.25, 0.3) is 0 Å². The van der Waals surface area contributed by atoms with Crippen molar-refractivity contribution in [1.82, 2.24) is 0 Å². The molecule has 62 valence electrons. The molecule has 0 saturated carbocycles. The minimum absolute atomic E-state index is 0. The van der Waals surface area contributed by atoms with E-state index in [0.717, 1.165) is 0 Å². The van der Waals surface area contributed by atoms with Gasteiger partial charge in [-0.15, -0.1) is 6.58 Å². The molecule has 4 nitrogen and oxygen atoms in total. The number of phosphoric acid groups is 1. The first kappa shape index (κ1) is 15.0. The van der Waals surface area contributed by atoms with E-state index < -0.39 is 7.82 Å². The predicted octanol–water partition coefficient (Wildman–Crippen LogP) is -1.82. The van der Waals surface area contributed by atoms with Crippen LogP contribution < -0.4 is 51.4 Å². The molecule has 0 spiro atoms. The molecule has 0 fully saturated rings. The summed E-state index contributed by atoms with van der Waals surface area (Å²) in [5.41, 5.74) is 0. The molecule has 0 bridgehead atoms. The maximum atomic E-state index is 10.0. The molecule has 0 atom stereocenters. The van der Waals surface area contributed by atoms with Gasteiger partial charge in [-0.1, -0.05) is 6.08 Å². The van der Waals surface area contributed by atoms with Crippen molar-refractivity contribution in [2.45, 2.75) is 12.8 Å². The second-order valence-corrected chi connectivity index (χ2v) is 2.99. The predicted molar refractivity (Wildman–Crippen MR) is 38.5 cm³/mol. The van der Waals surface area contributed by atoms with Crippen molar-refractivity contribution in [1.29, 1.82) is 0 Å². The van der Waals surface area contributed by atoms with Crippen LogP contribution in [0.25, 0.3) is 0 Å². The monoisotopic (exact) mass is 206 g/mol. The molecule has 0 aliphatic carbocycles. The molecule has 0 saturated heterocycles. The number of allylic oxidation sites excluding steroid dienone is 1. The van der Waals surface area contributed by atoms with E-state index in [0.29, 0.717) is 12.8 Å². The molecular weight excluding hydrogens is 194 g/mol. The summed E-state index contributed by atoms with van der Waals surface area (Å²) in [5.74, 6) is 0. The zero-order valence-corrected chi connectivity index (χ0v) is 10.6. The number of hydrogen-bond donors (Lipinski definition) is 2. The van der Waals surface area contributed by atoms with E-state index in [1.807, 2.05) is 0 Å². The fourth-order valence-electron chi connectivity index (χ4n) is 0.411. The Labute approximate surface area is 110 Å². The van der Waals surface area contributed by atoms with Crippen molar-refractivity contribution in [3.05, 3.63) is 12.7 Å². The van der Waals surface area contributed by atoms with Crippen LogP contribution in [0.4, 0.5) is 0 Å². The molecular formula is C5H12KO4P. The van der Waals surface area contributed by atoms with Gasteiger partial charge in [0, 0.05) is 0 Å². The van der Waals surface area contributed by atoms with Gasteiger partial charge in [-0.25, -0.2) is 4.57 Å². The largest absolute Gasteiger partial charge is 1.00 e. The summed E-state index contributed by atoms with van der Waals surface area (Å²) in [7, 11) is -4.24. The summed E-state index contributed by atoms with van der Waals surface area (Å²) < 4.78 is 14.2. The van der Waals surface area contributed by atoms with Gasteiger partial charge < -0.3 is 11.2 Å². The van der Waals surface area contributed by atoms with Crippen molar-refractivity contribution < 1.29 is 71.7 Å². The van der Waals surface area contributed by atoms with Gasteiger partial charge in [0.2, 0.25) is 0 Å². The van der Waals surface area contributed by atoms with Gasteiger partial charge in [-0.2, -0.15) is 0 Å². The summed E-state index contributed by atoms with van der Waals surface area (Å²) >= 11 is 0. The van der Waals surface area contributed by atoms with Crippen LogP contribution in [0.15, 0.2) is 12.7 Å². The summed E-state index contributed by atoms with van der Waals surface area (Å²) in [6, 6.07) is 0. The minimum atomic E-state index is -4.24. The number of phosphoric ester groups is 1. The van der Waals surface area contributed by atoms with Gasteiger partial charge in [0.15, 0.2) is 0 Å². The molecule has 2 N–H and O–H groups in total. The molecule has 11 heavy (non-hydrogen) atoms. The second-order valence-electron chi connectivity index (χ2n) is 1.75. The van der Waals surface area contributed by atoms with Crippen LogP contribution in [0.5, 0.6) is 0 Å². The van der Waals surface area contributed by atoms with Crippen molar-refractivity contribution in [2.24, 2.45) is 0 Å². The van der Waals surface area contributed by atoms with Gasteiger partial charge in [-0.3, -0.25) is 4.52 Å². The quantitative estimate of drug-likeness (QED) is 0.240. The van der Waals surface area contributed by atoms with Crippen LogP contribution in [0.3, 0.4) is 0 Å². The number of hydrogen-bond acceptors (Lipinski definition) is 2. The molecule has 0 aromatic carbocycles. The first-order chi connectivity index (χ1) is 4.56. The van der Waals surface area contributed by atoms with Crippen LogP contribution >= 0.6 is 7.82 Å². The Morgan fingerprint density at radius 2 is 2.18 bits per heavy atom. The van der Waals surface area contributed by atoms with Crippen molar-refractivity contribution in [2.75, 3.05) is 6.61 Å². The maximum Gasteiger partial charge on any atom is 1.00 e. The fraction of sp³-hybridized carbons (Fsp3) is 0.600. The van der Waals surface area contributed by atoms with Crippen molar-refractivity contribution in [3.63, 3.8) is 0 Å². The minimum Gasteiger partial charge on any atom is -1.00 e. The summed E-state index contributed by atoms with van der Waals surface area (Å²) in [5, 5.41) is 0. The molecule has 0 heterocycles. The van der Waals surface area contributed by atoms with Gasteiger partial charge >= 0.3 is 59.2 Å². The zero-order chi connectivity index (χ0) is 8.04. The molecule has 0 aliphatic heterocycles. The molecule has 0 radical (unpaired) electrons. The molecule has 0 aliphatic rings. The third-order valence-electron chi connectivity index (χ3n) is 0.812. The summed E-state index contributed by atoms with van der Waals surface area (Å²) in [4.78, 5) is 16.4. The van der Waals surface area contributed by atoms with E-state index in [4.69, 9.17) is 9.79 Å². The Bertz CT molecular complexity index is 148. The SMILES string of the molecule is C=CCCCOP(=O)(O)O.[H-].[K+]. The van der Waals surface area contributed by atoms with Crippen molar-refractivity contribution in [3.8, 4) is 0 Å². The Balaban J connectivity index is -0.000000405.